The van der Waals surface area contributed by atoms with Crippen LogP contribution in [0.5, 0.6) is 0 Å². The summed E-state index contributed by atoms with van der Waals surface area (Å²) in [7, 11) is 0. The summed E-state index contributed by atoms with van der Waals surface area (Å²) >= 11 is 6.06. The molecule has 2 aromatic rings. The molecular weight excluding hydrogens is 484 g/mol. The molecular formula is C31H37ClN2O3. The second-order valence-corrected chi connectivity index (χ2v) is 11.5. The fourth-order valence-electron chi connectivity index (χ4n) is 6.07. The van der Waals surface area contributed by atoms with Crippen molar-refractivity contribution in [1.29, 1.82) is 0 Å². The molecule has 0 bridgehead atoms. The Balaban J connectivity index is 1.31. The van der Waals surface area contributed by atoms with Crippen molar-refractivity contribution >= 4 is 29.5 Å². The summed E-state index contributed by atoms with van der Waals surface area (Å²) in [6.45, 7) is 5.04. The third-order valence-electron chi connectivity index (χ3n) is 8.58. The zero-order valence-corrected chi connectivity index (χ0v) is 22.5. The van der Waals surface area contributed by atoms with Crippen LogP contribution in [-0.4, -0.2) is 34.9 Å². The van der Waals surface area contributed by atoms with Crippen LogP contribution in [0.2, 0.25) is 5.02 Å². The molecule has 3 aliphatic rings. The van der Waals surface area contributed by atoms with Gasteiger partial charge in [-0.25, -0.2) is 0 Å². The van der Waals surface area contributed by atoms with Gasteiger partial charge in [0.1, 0.15) is 6.10 Å². The highest BCUT2D eigenvalue weighted by Crippen LogP contribution is 2.34. The standard InChI is InChI=1S/C31H37ClN2O3/c1-20-6-5-7-26(21(20)2)33-30(35)24-14-10-22(11-15-24)18-29-31(36)34(19-23-12-16-25(32)17-13-23)27-8-3-4-9-28(27)37-29/h10-18,20-21,26-28H,3-9,19H2,1-2H3,(H,33,35)/b29-18-. The number of carbonyl (C=O) groups is 2. The van der Waals surface area contributed by atoms with E-state index in [-0.39, 0.29) is 30.0 Å². The molecule has 5 rings (SSSR count). The summed E-state index contributed by atoms with van der Waals surface area (Å²) in [6.07, 6.45) is 9.38. The van der Waals surface area contributed by atoms with E-state index in [0.717, 1.165) is 49.7 Å². The molecule has 1 heterocycles. The SMILES string of the molecule is CC1CCCC(NC(=O)c2ccc(/C=C3\OC4CCCCC4N(Cc4ccc(Cl)cc4)C3=O)cc2)C1C. The average Bonchev–Trinajstić information content (AvgIpc) is 2.90. The maximum atomic E-state index is 13.6. The van der Waals surface area contributed by atoms with Gasteiger partial charge in [0.25, 0.3) is 11.8 Å². The topological polar surface area (TPSA) is 58.6 Å². The van der Waals surface area contributed by atoms with E-state index in [0.29, 0.717) is 34.7 Å². The average molecular weight is 521 g/mol. The zero-order valence-electron chi connectivity index (χ0n) is 21.8. The van der Waals surface area contributed by atoms with E-state index in [1.807, 2.05) is 59.5 Å². The van der Waals surface area contributed by atoms with Gasteiger partial charge in [-0.3, -0.25) is 9.59 Å². The Morgan fingerprint density at radius 1 is 1.00 bits per heavy atom. The normalized spacial score (nSPS) is 28.9. The van der Waals surface area contributed by atoms with Gasteiger partial charge in [-0.1, -0.05) is 69.0 Å². The largest absolute Gasteiger partial charge is 0.482 e. The quantitative estimate of drug-likeness (QED) is 0.451. The van der Waals surface area contributed by atoms with Gasteiger partial charge >= 0.3 is 0 Å². The van der Waals surface area contributed by atoms with Crippen molar-refractivity contribution in [1.82, 2.24) is 10.2 Å². The number of amides is 2. The Morgan fingerprint density at radius 3 is 2.49 bits per heavy atom. The fourth-order valence-corrected chi connectivity index (χ4v) is 6.19. The Morgan fingerprint density at radius 2 is 1.73 bits per heavy atom. The Bertz CT molecular complexity index is 1140. The summed E-state index contributed by atoms with van der Waals surface area (Å²) in [5.74, 6) is 1.37. The van der Waals surface area contributed by atoms with Crippen molar-refractivity contribution in [2.75, 3.05) is 0 Å². The van der Waals surface area contributed by atoms with Crippen molar-refractivity contribution in [2.45, 2.75) is 83.5 Å². The van der Waals surface area contributed by atoms with Crippen molar-refractivity contribution < 1.29 is 14.3 Å². The Kier molecular flexibility index (Phi) is 7.89. The number of nitrogens with one attached hydrogen (secondary N) is 1. The van der Waals surface area contributed by atoms with Crippen LogP contribution in [0.15, 0.2) is 54.3 Å². The highest BCUT2D eigenvalue weighted by molar-refractivity contribution is 6.30. The monoisotopic (exact) mass is 520 g/mol. The molecule has 37 heavy (non-hydrogen) atoms. The van der Waals surface area contributed by atoms with Gasteiger partial charge in [-0.15, -0.1) is 0 Å². The maximum Gasteiger partial charge on any atom is 0.289 e. The number of morpholine rings is 1. The fraction of sp³-hybridized carbons (Fsp3) is 0.484. The smallest absolute Gasteiger partial charge is 0.289 e. The van der Waals surface area contributed by atoms with Crippen molar-refractivity contribution in [3.63, 3.8) is 0 Å². The molecule has 5 unspecified atom stereocenters. The van der Waals surface area contributed by atoms with Crippen molar-refractivity contribution in [3.05, 3.63) is 76.0 Å². The maximum absolute atomic E-state index is 13.6. The molecule has 2 aliphatic carbocycles. The second-order valence-electron chi connectivity index (χ2n) is 11.0. The first-order valence-corrected chi connectivity index (χ1v) is 14.1. The molecule has 2 saturated carbocycles. The highest BCUT2D eigenvalue weighted by atomic mass is 35.5. The van der Waals surface area contributed by atoms with E-state index in [4.69, 9.17) is 16.3 Å². The van der Waals surface area contributed by atoms with Gasteiger partial charge in [0.05, 0.1) is 6.04 Å². The van der Waals surface area contributed by atoms with E-state index in [2.05, 4.69) is 19.2 Å². The Hall–Kier alpha value is -2.79. The summed E-state index contributed by atoms with van der Waals surface area (Å²) < 4.78 is 6.26. The first-order valence-electron chi connectivity index (χ1n) is 13.7. The van der Waals surface area contributed by atoms with Crippen LogP contribution in [0.4, 0.5) is 0 Å². The Labute approximate surface area is 225 Å². The van der Waals surface area contributed by atoms with E-state index >= 15 is 0 Å². The lowest BCUT2D eigenvalue weighted by Gasteiger charge is -2.44. The number of rotatable bonds is 5. The third-order valence-corrected chi connectivity index (χ3v) is 8.83. The van der Waals surface area contributed by atoms with Crippen LogP contribution in [0.1, 0.15) is 80.3 Å². The number of ether oxygens (including phenoxy) is 1. The first-order chi connectivity index (χ1) is 17.9. The minimum absolute atomic E-state index is 0.00919. The molecule has 2 amide bonds. The predicted molar refractivity (Wildman–Crippen MR) is 147 cm³/mol. The highest BCUT2D eigenvalue weighted by Gasteiger charge is 2.41. The van der Waals surface area contributed by atoms with Gasteiger partial charge < -0.3 is 15.0 Å². The van der Waals surface area contributed by atoms with E-state index in [1.165, 1.54) is 6.42 Å². The van der Waals surface area contributed by atoms with Crippen molar-refractivity contribution in [3.8, 4) is 0 Å². The van der Waals surface area contributed by atoms with Gasteiger partial charge in [0.15, 0.2) is 5.76 Å². The minimum atomic E-state index is -0.0830. The van der Waals surface area contributed by atoms with Crippen LogP contribution < -0.4 is 5.32 Å². The molecule has 5 nitrogen and oxygen atoms in total. The predicted octanol–water partition coefficient (Wildman–Crippen LogP) is 6.61. The van der Waals surface area contributed by atoms with E-state index in [9.17, 15) is 9.59 Å². The molecule has 2 aromatic carbocycles. The van der Waals surface area contributed by atoms with Crippen LogP contribution in [0.25, 0.3) is 6.08 Å². The lowest BCUT2D eigenvalue weighted by molar-refractivity contribution is -0.149. The van der Waals surface area contributed by atoms with Crippen LogP contribution in [0, 0.1) is 11.8 Å². The molecule has 0 radical (unpaired) electrons. The third kappa shape index (κ3) is 5.87. The number of hydrogen-bond acceptors (Lipinski definition) is 3. The van der Waals surface area contributed by atoms with Gasteiger partial charge in [-0.05, 0) is 79.0 Å². The molecule has 1 aliphatic heterocycles. The lowest BCUT2D eigenvalue weighted by atomic mass is 9.78. The molecule has 0 aromatic heterocycles. The molecule has 3 fully saturated rings. The number of nitrogens with zero attached hydrogens (tertiary/aromatic N) is 1. The van der Waals surface area contributed by atoms with Gasteiger partial charge in [-0.2, -0.15) is 0 Å². The van der Waals surface area contributed by atoms with Crippen LogP contribution in [-0.2, 0) is 16.1 Å². The molecule has 5 atom stereocenters. The first kappa shape index (κ1) is 25.8. The van der Waals surface area contributed by atoms with Gasteiger partial charge in [0.2, 0.25) is 0 Å². The number of halogens is 1. The van der Waals surface area contributed by atoms with E-state index in [1.54, 1.807) is 0 Å². The molecule has 196 valence electrons. The number of hydrogen-bond donors (Lipinski definition) is 1. The van der Waals surface area contributed by atoms with E-state index < -0.39 is 0 Å². The molecule has 1 saturated heterocycles. The number of fused-ring (bicyclic) bond motifs is 1. The minimum Gasteiger partial charge on any atom is -0.482 e. The zero-order chi connectivity index (χ0) is 25.9. The lowest BCUT2D eigenvalue weighted by Crippen LogP contribution is -2.54. The molecule has 0 spiro atoms. The van der Waals surface area contributed by atoms with Crippen LogP contribution >= 0.6 is 11.6 Å². The molecule has 6 heteroatoms. The second kappa shape index (κ2) is 11.3. The summed E-state index contributed by atoms with van der Waals surface area (Å²) in [6, 6.07) is 15.4. The summed E-state index contributed by atoms with van der Waals surface area (Å²) in [5.41, 5.74) is 2.54. The number of benzene rings is 2. The van der Waals surface area contributed by atoms with Crippen LogP contribution in [0.3, 0.4) is 0 Å². The van der Waals surface area contributed by atoms with Crippen molar-refractivity contribution in [2.24, 2.45) is 11.8 Å². The summed E-state index contributed by atoms with van der Waals surface area (Å²) in [4.78, 5) is 28.4. The molecule has 1 N–H and O–H groups in total. The summed E-state index contributed by atoms with van der Waals surface area (Å²) in [5, 5.41) is 3.93. The van der Waals surface area contributed by atoms with Gasteiger partial charge in [0, 0.05) is 23.2 Å². The number of carbonyl (C=O) groups excluding carboxylic acids is 2.